The smallest absolute Gasteiger partial charge is 0.326 e. The first kappa shape index (κ1) is 111. The fraction of sp³-hybridized carbons (Fsp3) is 0.596. The Bertz CT molecular complexity index is 4300. The summed E-state index contributed by atoms with van der Waals surface area (Å²) in [5, 5.41) is 68.2. The van der Waals surface area contributed by atoms with Gasteiger partial charge < -0.3 is 112 Å². The average Bonchev–Trinajstić information content (AvgIpc) is 1.57. The number of aliphatic carboxylic acids is 2. The number of aromatic amines is 1. The summed E-state index contributed by atoms with van der Waals surface area (Å²) < 4.78 is 0. The molecule has 0 aliphatic carbocycles. The number of para-hydroxylation sites is 1. The highest BCUT2D eigenvalue weighted by molar-refractivity contribution is 7.98. The van der Waals surface area contributed by atoms with Crippen LogP contribution < -0.4 is 91.6 Å². The summed E-state index contributed by atoms with van der Waals surface area (Å²) >= 11 is 10.1. The van der Waals surface area contributed by atoms with Gasteiger partial charge >= 0.3 is 11.9 Å². The van der Waals surface area contributed by atoms with Gasteiger partial charge in [0.25, 0.3) is 0 Å². The standard InChI is InChI=1S/C89H138N18O19S3/c1-12-52(9)73(106-86(122)70(47-127)105-84(120)68(44-72(109)110)101-85(121)69(46-108)103-80(116)64(40-51(7)8)97-77(113)61(33-23-25-36-91)94-76(112)60(32-22-24-35-90)95-78(114)62(38-49(3)4)96-75(111)58(92)34-37-129-11)88(124)102-66(42-55-28-18-15-19-29-55)81(117)98-63(39-50(5)6)79(115)100-67(43-56-45-93-59-31-21-20-30-57(56)59)83(119)99-65(41-54-26-16-14-17-27-54)82(118)104-71(48-128)87(123)107-74(89(125)126)53(10)13-2/h14-21,26-31,45,49-53,58,60-71,73-74,93,108,127-128H,12-13,22-25,32-44,46-48,90-92H2,1-11H3,(H,94,112)(H,95,114)(H,96,111)(H,97,113)(H,98,117)(H,99,119)(H,100,115)(H,101,121)(H,102,124)(H,103,116)(H,104,118)(H,105,120)(H,106,122)(H,107,123)(H,109,110)(H,125,126)/t52-,53-,58-,60-,61-,62-,63-,64-,65-,66-,67-,68-,69-,70-,71-,73-,74-/m0/s1. The molecule has 4 aromatic rings. The number of thiol groups is 2. The summed E-state index contributed by atoms with van der Waals surface area (Å²) in [5.41, 5.74) is 20.2. The number of carbonyl (C=O) groups is 16. The van der Waals surface area contributed by atoms with Gasteiger partial charge in [-0.3, -0.25) is 71.9 Å². The van der Waals surface area contributed by atoms with Crippen LogP contribution in [0.3, 0.4) is 0 Å². The van der Waals surface area contributed by atoms with Crippen molar-refractivity contribution < 1.29 is 92.0 Å². The molecular formula is C89H138N18O19S3. The molecule has 0 bridgehead atoms. The number of amides is 14. The third-order valence-corrected chi connectivity index (χ3v) is 23.1. The number of nitrogens with one attached hydrogen (secondary N) is 15. The van der Waals surface area contributed by atoms with Gasteiger partial charge in [0, 0.05) is 47.9 Å². The van der Waals surface area contributed by atoms with Crippen molar-refractivity contribution in [1.82, 2.24) is 79.4 Å². The summed E-state index contributed by atoms with van der Waals surface area (Å²) in [4.78, 5) is 230. The molecule has 24 N–H and O–H groups in total. The van der Waals surface area contributed by atoms with Crippen molar-refractivity contribution in [3.63, 3.8) is 0 Å². The van der Waals surface area contributed by atoms with Crippen molar-refractivity contribution in [2.45, 2.75) is 263 Å². The number of thioether (sulfide) groups is 1. The molecule has 17 atom stereocenters. The van der Waals surface area contributed by atoms with E-state index in [1.165, 1.54) is 11.8 Å². The summed E-state index contributed by atoms with van der Waals surface area (Å²) in [6.07, 6.45) is 4.56. The molecule has 0 aliphatic heterocycles. The minimum absolute atomic E-state index is 0.00470. The molecule has 3 aromatic carbocycles. The highest BCUT2D eigenvalue weighted by Gasteiger charge is 2.40. The monoisotopic (exact) mass is 1860 g/mol. The second-order valence-electron chi connectivity index (χ2n) is 33.8. The van der Waals surface area contributed by atoms with Gasteiger partial charge in [0.15, 0.2) is 0 Å². The van der Waals surface area contributed by atoms with Crippen LogP contribution in [0, 0.1) is 29.6 Å². The highest BCUT2D eigenvalue weighted by atomic mass is 32.2. The zero-order valence-electron chi connectivity index (χ0n) is 75.7. The molecule has 40 heteroatoms. The van der Waals surface area contributed by atoms with Crippen LogP contribution >= 0.6 is 37.0 Å². The quantitative estimate of drug-likeness (QED) is 0.0216. The van der Waals surface area contributed by atoms with Crippen molar-refractivity contribution in [3.05, 3.63) is 108 Å². The number of H-pyrrole nitrogens is 1. The first-order valence-electron chi connectivity index (χ1n) is 44.1. The largest absolute Gasteiger partial charge is 0.481 e. The first-order valence-corrected chi connectivity index (χ1v) is 46.7. The number of benzene rings is 3. The van der Waals surface area contributed by atoms with E-state index in [-0.39, 0.29) is 94.4 Å². The maximum atomic E-state index is 15.2. The van der Waals surface area contributed by atoms with E-state index in [2.05, 4.69) is 105 Å². The fourth-order valence-corrected chi connectivity index (χ4v) is 15.0. The third kappa shape index (κ3) is 38.7. The van der Waals surface area contributed by atoms with Crippen LogP contribution in [-0.2, 0) is 96.0 Å². The first-order chi connectivity index (χ1) is 61.3. The number of carboxylic acid groups (broad SMARTS) is 2. The van der Waals surface area contributed by atoms with Gasteiger partial charge in [0.2, 0.25) is 82.7 Å². The molecule has 0 saturated carbocycles. The Balaban J connectivity index is 1.61. The van der Waals surface area contributed by atoms with E-state index in [0.717, 1.165) is 0 Å². The van der Waals surface area contributed by atoms with Crippen LogP contribution in [0.4, 0.5) is 0 Å². The second kappa shape index (κ2) is 58.3. The normalized spacial score (nSPS) is 15.3. The molecule has 37 nitrogen and oxygen atoms in total. The van der Waals surface area contributed by atoms with Crippen LogP contribution in [-0.4, -0.2) is 249 Å². The number of hydrogen-bond donors (Lipinski definition) is 23. The topological polar surface area (TPSA) is 596 Å². The lowest BCUT2D eigenvalue weighted by atomic mass is 9.96. The number of carboxylic acids is 2. The van der Waals surface area contributed by atoms with Crippen molar-refractivity contribution in [2.24, 2.45) is 46.8 Å². The minimum Gasteiger partial charge on any atom is -0.481 e. The highest BCUT2D eigenvalue weighted by Crippen LogP contribution is 2.22. The molecule has 0 fully saturated rings. The Morgan fingerprint density at radius 3 is 1.12 bits per heavy atom. The molecule has 0 spiro atoms. The number of aromatic nitrogens is 1. The summed E-state index contributed by atoms with van der Waals surface area (Å²) in [6, 6.07) is 2.58. The Labute approximate surface area is 770 Å². The number of rotatable bonds is 61. The van der Waals surface area contributed by atoms with E-state index in [9.17, 15) is 77.6 Å². The third-order valence-electron chi connectivity index (χ3n) is 21.7. The molecule has 0 saturated heterocycles. The lowest BCUT2D eigenvalue weighted by Crippen LogP contribution is -2.62. The zero-order valence-corrected chi connectivity index (χ0v) is 78.3. The van der Waals surface area contributed by atoms with Gasteiger partial charge in [0.05, 0.1) is 19.1 Å². The van der Waals surface area contributed by atoms with Crippen LogP contribution in [0.2, 0.25) is 0 Å². The van der Waals surface area contributed by atoms with Crippen molar-refractivity contribution in [2.75, 3.05) is 43.2 Å². The van der Waals surface area contributed by atoms with Gasteiger partial charge in [-0.1, -0.05) is 161 Å². The van der Waals surface area contributed by atoms with Crippen LogP contribution in [0.15, 0.2) is 91.1 Å². The molecule has 1 aromatic heterocycles. The predicted molar refractivity (Wildman–Crippen MR) is 498 cm³/mol. The molecule has 129 heavy (non-hydrogen) atoms. The summed E-state index contributed by atoms with van der Waals surface area (Å²) in [5.74, 6) is -17.7. The van der Waals surface area contributed by atoms with Crippen LogP contribution in [0.1, 0.15) is 169 Å². The maximum absolute atomic E-state index is 15.2. The predicted octanol–water partition coefficient (Wildman–Crippen LogP) is 0.963. The lowest BCUT2D eigenvalue weighted by molar-refractivity contribution is -0.143. The molecule has 1 heterocycles. The number of hydrogen-bond acceptors (Lipinski definition) is 23. The average molecular weight is 1860 g/mol. The van der Waals surface area contributed by atoms with Crippen molar-refractivity contribution >= 4 is 143 Å². The number of fused-ring (bicyclic) bond motifs is 1. The number of carbonyl (C=O) groups excluding carboxylic acids is 14. The van der Waals surface area contributed by atoms with E-state index in [1.807, 2.05) is 20.1 Å². The van der Waals surface area contributed by atoms with Gasteiger partial charge in [-0.15, -0.1) is 0 Å². The van der Waals surface area contributed by atoms with Crippen LogP contribution in [0.5, 0.6) is 0 Å². The number of aliphatic hydroxyl groups is 1. The van der Waals surface area contributed by atoms with Crippen molar-refractivity contribution in [1.29, 1.82) is 0 Å². The Kier molecular flexibility index (Phi) is 50.1. The zero-order chi connectivity index (χ0) is 96.1. The Hall–Kier alpha value is -10.4. The van der Waals surface area contributed by atoms with E-state index in [4.69, 9.17) is 17.2 Å². The van der Waals surface area contributed by atoms with Crippen molar-refractivity contribution in [3.8, 4) is 0 Å². The maximum Gasteiger partial charge on any atom is 0.326 e. The molecule has 0 aliphatic rings. The summed E-state index contributed by atoms with van der Waals surface area (Å²) in [6.45, 7) is 16.8. The molecular weight excluding hydrogens is 1720 g/mol. The van der Waals surface area contributed by atoms with Gasteiger partial charge in [0.1, 0.15) is 84.6 Å². The lowest BCUT2D eigenvalue weighted by Gasteiger charge is -2.30. The minimum atomic E-state index is -2.03. The Morgan fingerprint density at radius 1 is 0.388 bits per heavy atom. The number of unbranched alkanes of at least 4 members (excludes halogenated alkanes) is 2. The van der Waals surface area contributed by atoms with Gasteiger partial charge in [-0.25, -0.2) is 4.79 Å². The fourth-order valence-electron chi connectivity index (χ4n) is 14.0. The second-order valence-corrected chi connectivity index (χ2v) is 35.5. The Morgan fingerprint density at radius 2 is 0.721 bits per heavy atom. The van der Waals surface area contributed by atoms with Gasteiger partial charge in [-0.2, -0.15) is 37.0 Å². The molecule has 0 unspecified atom stereocenters. The van der Waals surface area contributed by atoms with Crippen LogP contribution in [0.25, 0.3) is 10.9 Å². The van der Waals surface area contributed by atoms with E-state index < -0.39 is 216 Å². The molecule has 716 valence electrons. The van der Waals surface area contributed by atoms with E-state index in [1.54, 1.807) is 147 Å². The SMILES string of the molecule is CC[C@H](C)[C@H](NC(=O)[C@H](CS)NC(=O)[C@H](Cc1ccccc1)NC(=O)[C@H](Cc1c[nH]c2ccccc12)NC(=O)[C@H](CC(C)C)NC(=O)[C@H](Cc1ccccc1)NC(=O)[C@@H](NC(=O)[C@H](CS)NC(=O)[C@H](CC(=O)O)NC(=O)[C@H](CO)NC(=O)[C@H](CC(C)C)NC(=O)[C@H](CCCCN)NC(=O)[C@H](CCCCN)NC(=O)[C@H](CC(C)C)NC(=O)[C@@H](N)CCSC)[C@@H](C)CC)C(=O)O. The number of aliphatic hydroxyl groups excluding tert-OH is 1. The van der Waals surface area contributed by atoms with Gasteiger partial charge in [-0.05, 0) is 142 Å². The number of nitrogens with two attached hydrogens (primary N) is 3. The molecule has 4 rings (SSSR count). The summed E-state index contributed by atoms with van der Waals surface area (Å²) in [7, 11) is 0. The molecule has 0 radical (unpaired) electrons. The van der Waals surface area contributed by atoms with E-state index in [0.29, 0.717) is 71.9 Å². The molecule has 14 amide bonds. The van der Waals surface area contributed by atoms with E-state index >= 15 is 14.4 Å².